The van der Waals surface area contributed by atoms with Gasteiger partial charge in [-0.25, -0.2) is 13.1 Å². The maximum absolute atomic E-state index is 12.5. The van der Waals surface area contributed by atoms with Crippen LogP contribution in [-0.2, 0) is 10.0 Å². The summed E-state index contributed by atoms with van der Waals surface area (Å²) in [5.41, 5.74) is 1.62. The van der Waals surface area contributed by atoms with E-state index in [2.05, 4.69) is 15.0 Å². The lowest BCUT2D eigenvalue weighted by Gasteiger charge is -2.09. The third kappa shape index (κ3) is 4.76. The first-order valence-corrected chi connectivity index (χ1v) is 9.91. The summed E-state index contributed by atoms with van der Waals surface area (Å²) in [6.45, 7) is 1.52. The van der Waals surface area contributed by atoms with E-state index < -0.39 is 10.0 Å². The molecule has 2 N–H and O–H groups in total. The zero-order valence-corrected chi connectivity index (χ0v) is 15.1. The predicted molar refractivity (Wildman–Crippen MR) is 105 cm³/mol. The van der Waals surface area contributed by atoms with Crippen molar-refractivity contribution in [2.24, 2.45) is 0 Å². The molecule has 134 valence electrons. The number of nitrogens with one attached hydrogen (secondary N) is 2. The molecule has 6 heteroatoms. The van der Waals surface area contributed by atoms with Crippen LogP contribution in [0.25, 0.3) is 17.0 Å². The molecule has 0 saturated heterocycles. The summed E-state index contributed by atoms with van der Waals surface area (Å²) in [7, 11) is -3.59. The number of hydrogen-bond acceptors (Lipinski definition) is 4. The highest BCUT2D eigenvalue weighted by Gasteiger charge is 2.17. The number of nitrogens with zero attached hydrogens (tertiary/aromatic N) is 1. The molecule has 3 aromatic rings. The van der Waals surface area contributed by atoms with Gasteiger partial charge in [0, 0.05) is 31.2 Å². The zero-order valence-electron chi connectivity index (χ0n) is 14.3. The summed E-state index contributed by atoms with van der Waals surface area (Å²) in [5.74, 6) is 0. The standard InChI is InChI=1S/C20H21N3O2S/c24-26(25,19-12-4-10-18-11-6-14-22-20(18)19)23-16-15-21-13-5-9-17-7-2-1-3-8-17/h1-12,14,21,23H,13,15-16H2/b9-5+. The summed E-state index contributed by atoms with van der Waals surface area (Å²) in [6, 6.07) is 18.8. The van der Waals surface area contributed by atoms with Crippen LogP contribution in [0.4, 0.5) is 0 Å². The minimum absolute atomic E-state index is 0.208. The Morgan fingerprint density at radius 1 is 0.923 bits per heavy atom. The molecule has 0 unspecified atom stereocenters. The van der Waals surface area contributed by atoms with E-state index in [0.29, 0.717) is 25.2 Å². The van der Waals surface area contributed by atoms with Gasteiger partial charge in [0.15, 0.2) is 0 Å². The van der Waals surface area contributed by atoms with E-state index in [1.165, 1.54) is 0 Å². The second-order valence-corrected chi connectivity index (χ2v) is 7.48. The van der Waals surface area contributed by atoms with Crippen LogP contribution in [0.15, 0.2) is 77.8 Å². The predicted octanol–water partition coefficient (Wildman–Crippen LogP) is 2.82. The Kier molecular flexibility index (Phi) is 6.12. The SMILES string of the molecule is O=S(=O)(NCCNC/C=C/c1ccccc1)c1cccc2cccnc12. The first kappa shape index (κ1) is 18.3. The summed E-state index contributed by atoms with van der Waals surface area (Å²) >= 11 is 0. The molecule has 0 spiro atoms. The molecule has 26 heavy (non-hydrogen) atoms. The second-order valence-electron chi connectivity index (χ2n) is 5.75. The first-order chi connectivity index (χ1) is 12.7. The number of rotatable bonds is 8. The van der Waals surface area contributed by atoms with Gasteiger partial charge in [0.05, 0.1) is 5.52 Å². The van der Waals surface area contributed by atoms with Crippen molar-refractivity contribution in [1.82, 2.24) is 15.0 Å². The zero-order chi connectivity index (χ0) is 18.2. The second kappa shape index (κ2) is 8.71. The van der Waals surface area contributed by atoms with Gasteiger partial charge in [-0.3, -0.25) is 4.98 Å². The van der Waals surface area contributed by atoms with Crippen LogP contribution >= 0.6 is 0 Å². The van der Waals surface area contributed by atoms with E-state index in [0.717, 1.165) is 10.9 Å². The smallest absolute Gasteiger partial charge is 0.242 e. The lowest BCUT2D eigenvalue weighted by atomic mass is 10.2. The molecule has 0 atom stereocenters. The Labute approximate surface area is 153 Å². The molecule has 0 saturated carbocycles. The molecule has 1 heterocycles. The van der Waals surface area contributed by atoms with Crippen LogP contribution in [0.1, 0.15) is 5.56 Å². The Morgan fingerprint density at radius 3 is 2.58 bits per heavy atom. The number of pyridine rings is 1. The maximum Gasteiger partial charge on any atom is 0.242 e. The normalized spacial score (nSPS) is 12.0. The molecule has 0 aliphatic heterocycles. The number of hydrogen-bond donors (Lipinski definition) is 2. The van der Waals surface area contributed by atoms with Gasteiger partial charge in [0.2, 0.25) is 10.0 Å². The highest BCUT2D eigenvalue weighted by molar-refractivity contribution is 7.89. The summed E-state index contributed by atoms with van der Waals surface area (Å²) in [4.78, 5) is 4.41. The van der Waals surface area contributed by atoms with E-state index in [1.54, 1.807) is 24.4 Å². The lowest BCUT2D eigenvalue weighted by Crippen LogP contribution is -2.32. The Morgan fingerprint density at radius 2 is 1.73 bits per heavy atom. The summed E-state index contributed by atoms with van der Waals surface area (Å²) in [6.07, 6.45) is 5.64. The first-order valence-electron chi connectivity index (χ1n) is 8.42. The van der Waals surface area contributed by atoms with Gasteiger partial charge in [0.1, 0.15) is 4.90 Å². The average molecular weight is 367 g/mol. The van der Waals surface area contributed by atoms with E-state index in [9.17, 15) is 8.42 Å². The van der Waals surface area contributed by atoms with Gasteiger partial charge < -0.3 is 5.32 Å². The fraction of sp³-hybridized carbons (Fsp3) is 0.150. The minimum Gasteiger partial charge on any atom is -0.312 e. The van der Waals surface area contributed by atoms with Gasteiger partial charge in [-0.05, 0) is 17.7 Å². The van der Waals surface area contributed by atoms with Gasteiger partial charge in [-0.15, -0.1) is 0 Å². The summed E-state index contributed by atoms with van der Waals surface area (Å²) < 4.78 is 27.7. The van der Waals surface area contributed by atoms with E-state index in [4.69, 9.17) is 0 Å². The van der Waals surface area contributed by atoms with Crippen LogP contribution in [0.3, 0.4) is 0 Å². The number of fused-ring (bicyclic) bond motifs is 1. The Balaban J connectivity index is 1.50. The quantitative estimate of drug-likeness (QED) is 0.601. The molecule has 0 bridgehead atoms. The van der Waals surface area contributed by atoms with E-state index >= 15 is 0 Å². The third-order valence-corrected chi connectivity index (χ3v) is 5.34. The van der Waals surface area contributed by atoms with E-state index in [1.807, 2.05) is 54.6 Å². The van der Waals surface area contributed by atoms with Crippen LogP contribution in [0.5, 0.6) is 0 Å². The molecule has 0 radical (unpaired) electrons. The molecule has 2 aromatic carbocycles. The molecule has 0 fully saturated rings. The third-order valence-electron chi connectivity index (χ3n) is 3.85. The maximum atomic E-state index is 12.5. The van der Waals surface area contributed by atoms with Crippen LogP contribution in [0.2, 0.25) is 0 Å². The average Bonchev–Trinajstić information content (AvgIpc) is 2.67. The van der Waals surface area contributed by atoms with Gasteiger partial charge in [-0.1, -0.05) is 60.7 Å². The molecule has 5 nitrogen and oxygen atoms in total. The van der Waals surface area contributed by atoms with E-state index in [-0.39, 0.29) is 4.90 Å². The fourth-order valence-electron chi connectivity index (χ4n) is 2.59. The van der Waals surface area contributed by atoms with Crippen molar-refractivity contribution >= 4 is 27.0 Å². The van der Waals surface area contributed by atoms with Crippen molar-refractivity contribution in [2.45, 2.75) is 4.90 Å². The number of benzene rings is 2. The largest absolute Gasteiger partial charge is 0.312 e. The number of aromatic nitrogens is 1. The number of para-hydroxylation sites is 1. The topological polar surface area (TPSA) is 71.1 Å². The Hall–Kier alpha value is -2.54. The van der Waals surface area contributed by atoms with Gasteiger partial charge >= 0.3 is 0 Å². The van der Waals surface area contributed by atoms with Gasteiger partial charge in [0.25, 0.3) is 0 Å². The van der Waals surface area contributed by atoms with Gasteiger partial charge in [-0.2, -0.15) is 0 Å². The van der Waals surface area contributed by atoms with Crippen LogP contribution < -0.4 is 10.0 Å². The van der Waals surface area contributed by atoms with Crippen molar-refractivity contribution in [2.75, 3.05) is 19.6 Å². The monoisotopic (exact) mass is 367 g/mol. The lowest BCUT2D eigenvalue weighted by molar-refractivity contribution is 0.579. The van der Waals surface area contributed by atoms with Crippen molar-refractivity contribution in [3.05, 3.63) is 78.5 Å². The fourth-order valence-corrected chi connectivity index (χ4v) is 3.80. The van der Waals surface area contributed by atoms with Crippen molar-refractivity contribution < 1.29 is 8.42 Å². The van der Waals surface area contributed by atoms with Crippen molar-refractivity contribution in [3.63, 3.8) is 0 Å². The highest BCUT2D eigenvalue weighted by atomic mass is 32.2. The number of sulfonamides is 1. The molecular formula is C20H21N3O2S. The van der Waals surface area contributed by atoms with Crippen LogP contribution in [0, 0.1) is 0 Å². The molecule has 0 aliphatic rings. The molecule has 0 aliphatic carbocycles. The highest BCUT2D eigenvalue weighted by Crippen LogP contribution is 2.20. The minimum atomic E-state index is -3.59. The Bertz CT molecular complexity index is 981. The van der Waals surface area contributed by atoms with Crippen LogP contribution in [-0.4, -0.2) is 33.0 Å². The van der Waals surface area contributed by atoms with Crippen molar-refractivity contribution in [3.8, 4) is 0 Å². The van der Waals surface area contributed by atoms with Crippen molar-refractivity contribution in [1.29, 1.82) is 0 Å². The molecule has 3 rings (SSSR count). The molecular weight excluding hydrogens is 346 g/mol. The molecule has 0 amide bonds. The molecule has 1 aromatic heterocycles. The summed E-state index contributed by atoms with van der Waals surface area (Å²) in [5, 5.41) is 3.99.